The van der Waals surface area contributed by atoms with Crippen molar-refractivity contribution in [1.82, 2.24) is 0 Å². The molecule has 4 atom stereocenters. The van der Waals surface area contributed by atoms with Crippen LogP contribution in [0.15, 0.2) is 12.2 Å². The largest absolute Gasteiger partial charge is 0.478 e. The van der Waals surface area contributed by atoms with E-state index in [2.05, 4.69) is 6.58 Å². The molecule has 0 amide bonds. The predicted molar refractivity (Wildman–Crippen MR) is 70.6 cm³/mol. The lowest BCUT2D eigenvalue weighted by atomic mass is 9.52. The molecule has 106 valence electrons. The quantitative estimate of drug-likeness (QED) is 0.751. The van der Waals surface area contributed by atoms with Crippen molar-refractivity contribution >= 4 is 11.8 Å². The van der Waals surface area contributed by atoms with E-state index in [0.717, 1.165) is 0 Å². The van der Waals surface area contributed by atoms with E-state index >= 15 is 0 Å². The highest BCUT2D eigenvalue weighted by atomic mass is 16.4. The van der Waals surface area contributed by atoms with Crippen molar-refractivity contribution in [2.75, 3.05) is 0 Å². The average Bonchev–Trinajstić information content (AvgIpc) is 2.34. The first kappa shape index (κ1) is 14.3. The molecule has 4 heteroatoms. The molecule has 2 saturated carbocycles. The second-order valence-corrected chi connectivity index (χ2v) is 6.55. The molecule has 2 N–H and O–H groups in total. The summed E-state index contributed by atoms with van der Waals surface area (Å²) >= 11 is 0. The summed E-state index contributed by atoms with van der Waals surface area (Å²) in [7, 11) is 0. The molecule has 0 aromatic heterocycles. The van der Waals surface area contributed by atoms with Crippen molar-refractivity contribution in [2.24, 2.45) is 17.3 Å². The summed E-state index contributed by atoms with van der Waals surface area (Å²) in [6.45, 7) is 7.33. The van der Waals surface area contributed by atoms with Crippen molar-refractivity contribution in [1.29, 1.82) is 0 Å². The van der Waals surface area contributed by atoms with Gasteiger partial charge < -0.3 is 10.2 Å². The van der Waals surface area contributed by atoms with Crippen molar-refractivity contribution in [3.05, 3.63) is 12.2 Å². The van der Waals surface area contributed by atoms with E-state index in [1.165, 1.54) is 0 Å². The van der Waals surface area contributed by atoms with E-state index in [4.69, 9.17) is 5.11 Å². The Morgan fingerprint density at radius 2 is 2.00 bits per heavy atom. The molecule has 2 aliphatic rings. The number of hydrogen-bond acceptors (Lipinski definition) is 3. The summed E-state index contributed by atoms with van der Waals surface area (Å²) in [5, 5.41) is 19.6. The normalized spacial score (nSPS) is 42.6. The second kappa shape index (κ2) is 4.44. The van der Waals surface area contributed by atoms with Gasteiger partial charge in [0, 0.05) is 23.3 Å². The van der Waals surface area contributed by atoms with Crippen molar-refractivity contribution in [2.45, 2.75) is 51.6 Å². The molecule has 4 nitrogen and oxygen atoms in total. The molecule has 0 spiro atoms. The highest BCUT2D eigenvalue weighted by Crippen LogP contribution is 2.54. The summed E-state index contributed by atoms with van der Waals surface area (Å²) in [5.74, 6) is -1.07. The van der Waals surface area contributed by atoms with Gasteiger partial charge in [0.1, 0.15) is 5.78 Å². The number of aliphatic carboxylic acids is 1. The smallest absolute Gasteiger partial charge is 0.331 e. The number of carboxylic acid groups (broad SMARTS) is 1. The molecule has 0 aromatic rings. The maximum absolute atomic E-state index is 12.2. The first-order valence-corrected chi connectivity index (χ1v) is 6.86. The maximum atomic E-state index is 12.2. The van der Waals surface area contributed by atoms with Gasteiger partial charge >= 0.3 is 5.97 Å². The third kappa shape index (κ3) is 2.22. The molecule has 0 heterocycles. The molecule has 2 aliphatic carbocycles. The van der Waals surface area contributed by atoms with Gasteiger partial charge in [-0.1, -0.05) is 13.5 Å². The fraction of sp³-hybridized carbons (Fsp3) is 0.733. The number of carboxylic acids is 1. The van der Waals surface area contributed by atoms with Crippen molar-refractivity contribution < 1.29 is 19.8 Å². The van der Waals surface area contributed by atoms with E-state index < -0.39 is 17.0 Å². The van der Waals surface area contributed by atoms with Crippen LogP contribution in [0.25, 0.3) is 0 Å². The number of aliphatic hydroxyl groups is 1. The Labute approximate surface area is 113 Å². The van der Waals surface area contributed by atoms with E-state index in [9.17, 15) is 14.7 Å². The van der Waals surface area contributed by atoms with Crippen molar-refractivity contribution in [3.8, 4) is 0 Å². The molecule has 0 bridgehead atoms. The Bertz CT molecular complexity index is 437. The molecule has 19 heavy (non-hydrogen) atoms. The van der Waals surface area contributed by atoms with Gasteiger partial charge in [-0.2, -0.15) is 0 Å². The Balaban J connectivity index is 2.27. The van der Waals surface area contributed by atoms with Gasteiger partial charge in [-0.15, -0.1) is 0 Å². The molecule has 2 fully saturated rings. The number of hydrogen-bond donors (Lipinski definition) is 2. The number of rotatable bonds is 2. The molecular weight excluding hydrogens is 244 g/mol. The van der Waals surface area contributed by atoms with E-state index in [0.29, 0.717) is 32.1 Å². The van der Waals surface area contributed by atoms with Gasteiger partial charge in [0.15, 0.2) is 0 Å². The van der Waals surface area contributed by atoms with Crippen molar-refractivity contribution in [3.63, 3.8) is 0 Å². The lowest BCUT2D eigenvalue weighted by Crippen LogP contribution is -2.55. The lowest BCUT2D eigenvalue weighted by molar-refractivity contribution is -0.159. The van der Waals surface area contributed by atoms with Crippen LogP contribution in [0.2, 0.25) is 0 Å². The summed E-state index contributed by atoms with van der Waals surface area (Å²) in [6.07, 6.45) is 2.74. The monoisotopic (exact) mass is 266 g/mol. The second-order valence-electron chi connectivity index (χ2n) is 6.55. The number of carbonyl (C=O) groups is 2. The van der Waals surface area contributed by atoms with E-state index in [-0.39, 0.29) is 23.2 Å². The summed E-state index contributed by atoms with van der Waals surface area (Å²) < 4.78 is 0. The minimum atomic E-state index is -0.976. The molecule has 0 aromatic carbocycles. The van der Waals surface area contributed by atoms with Crippen LogP contribution in [0.5, 0.6) is 0 Å². The van der Waals surface area contributed by atoms with Crippen LogP contribution < -0.4 is 0 Å². The topological polar surface area (TPSA) is 74.6 Å². The standard InChI is InChI=1S/C15H22O4/c1-9(13(17)18)10-4-6-14(2)11(8-10)15(3,19)7-5-12(14)16/h10-11,19H,1,4-8H2,2-3H3,(H,17,18)/t10-,11-,14-,15-/m1/s1. The highest BCUT2D eigenvalue weighted by molar-refractivity contribution is 5.88. The highest BCUT2D eigenvalue weighted by Gasteiger charge is 2.55. The molecule has 0 aliphatic heterocycles. The summed E-state index contributed by atoms with van der Waals surface area (Å²) in [5.41, 5.74) is -1.19. The van der Waals surface area contributed by atoms with Crippen LogP contribution in [0.1, 0.15) is 46.0 Å². The van der Waals surface area contributed by atoms with Crippen LogP contribution in [0, 0.1) is 17.3 Å². The number of ketones is 1. The predicted octanol–water partition coefficient (Wildman–Crippen LogP) is 2.16. The van der Waals surface area contributed by atoms with Gasteiger partial charge in [0.2, 0.25) is 0 Å². The lowest BCUT2D eigenvalue weighted by Gasteiger charge is -2.53. The molecular formula is C15H22O4. The van der Waals surface area contributed by atoms with Crippen LogP contribution in [-0.4, -0.2) is 27.6 Å². The zero-order chi connectivity index (χ0) is 14.4. The van der Waals surface area contributed by atoms with Crippen LogP contribution in [0.3, 0.4) is 0 Å². The summed E-state index contributed by atoms with van der Waals surface area (Å²) in [4.78, 5) is 23.2. The Morgan fingerprint density at radius 3 is 2.58 bits per heavy atom. The molecule has 0 saturated heterocycles. The Morgan fingerprint density at radius 1 is 1.37 bits per heavy atom. The van der Waals surface area contributed by atoms with Crippen LogP contribution in [0.4, 0.5) is 0 Å². The van der Waals surface area contributed by atoms with Gasteiger partial charge in [-0.05, 0) is 38.5 Å². The molecule has 0 unspecified atom stereocenters. The zero-order valence-corrected chi connectivity index (χ0v) is 11.6. The van der Waals surface area contributed by atoms with Crippen LogP contribution in [-0.2, 0) is 9.59 Å². The third-order valence-electron chi connectivity index (χ3n) is 5.31. The minimum Gasteiger partial charge on any atom is -0.478 e. The van der Waals surface area contributed by atoms with Gasteiger partial charge in [-0.25, -0.2) is 4.79 Å². The van der Waals surface area contributed by atoms with Gasteiger partial charge in [0.25, 0.3) is 0 Å². The zero-order valence-electron chi connectivity index (χ0n) is 11.6. The van der Waals surface area contributed by atoms with Gasteiger partial charge in [0.05, 0.1) is 5.60 Å². The van der Waals surface area contributed by atoms with Crippen LogP contribution >= 0.6 is 0 Å². The average molecular weight is 266 g/mol. The van der Waals surface area contributed by atoms with E-state index in [1.807, 2.05) is 6.92 Å². The maximum Gasteiger partial charge on any atom is 0.331 e. The fourth-order valence-corrected chi connectivity index (χ4v) is 3.90. The third-order valence-corrected chi connectivity index (χ3v) is 5.31. The van der Waals surface area contributed by atoms with Gasteiger partial charge in [-0.3, -0.25) is 4.79 Å². The first-order chi connectivity index (χ1) is 8.68. The van der Waals surface area contributed by atoms with E-state index in [1.54, 1.807) is 6.92 Å². The summed E-state index contributed by atoms with van der Waals surface area (Å²) in [6, 6.07) is 0. The Hall–Kier alpha value is -1.16. The molecule has 2 rings (SSSR count). The number of carbonyl (C=O) groups excluding carboxylic acids is 1. The molecule has 0 radical (unpaired) electrons. The number of Topliss-reactive ketones (excluding diaryl/α,β-unsaturated/α-hetero) is 1. The first-order valence-electron chi connectivity index (χ1n) is 6.86. The SMILES string of the molecule is C=C(C(=O)O)[C@@H]1CC[C@@]2(C)C(=O)CC[C@@](C)(O)[C@@H]2C1. The minimum absolute atomic E-state index is 0.132. The fourth-order valence-electron chi connectivity index (χ4n) is 3.90. The Kier molecular flexibility index (Phi) is 3.33. The number of fused-ring (bicyclic) bond motifs is 1.